The summed E-state index contributed by atoms with van der Waals surface area (Å²) in [6.45, 7) is 0.347. The van der Waals surface area contributed by atoms with Gasteiger partial charge in [-0.05, 0) is 6.08 Å². The highest BCUT2D eigenvalue weighted by atomic mass is 16.5. The minimum Gasteiger partial charge on any atom is -0.498 e. The molecular weight excluding hydrogens is 80.0 g/mol. The molecule has 0 spiro atoms. The van der Waals surface area contributed by atoms with Crippen molar-refractivity contribution in [2.45, 2.75) is 0 Å². The standard InChI is InChI=1S/C4H5O2/c5-4-1-2-6-3-4/h1-2,5H,3H2. The average Bonchev–Trinajstić information content (AvgIpc) is 1.86. The summed E-state index contributed by atoms with van der Waals surface area (Å²) in [5.74, 6) is 0. The van der Waals surface area contributed by atoms with Gasteiger partial charge in [-0.15, -0.1) is 0 Å². The molecule has 0 atom stereocenters. The maximum absolute atomic E-state index is 8.43. The molecule has 0 aromatic carbocycles. The SMILES string of the molecule is O[C]1C=COC1. The molecule has 0 aromatic heterocycles. The highest BCUT2D eigenvalue weighted by molar-refractivity contribution is 5.03. The summed E-state index contributed by atoms with van der Waals surface area (Å²) in [4.78, 5) is 0. The van der Waals surface area contributed by atoms with Crippen LogP contribution < -0.4 is 0 Å². The predicted molar refractivity (Wildman–Crippen MR) is 20.3 cm³/mol. The molecule has 2 heteroatoms. The molecule has 1 N–H and O–H groups in total. The first-order chi connectivity index (χ1) is 2.89. The van der Waals surface area contributed by atoms with E-state index in [4.69, 9.17) is 5.11 Å². The van der Waals surface area contributed by atoms with Gasteiger partial charge >= 0.3 is 0 Å². The van der Waals surface area contributed by atoms with Crippen LogP contribution in [0.2, 0.25) is 0 Å². The lowest BCUT2D eigenvalue weighted by Gasteiger charge is -1.88. The zero-order chi connectivity index (χ0) is 4.41. The topological polar surface area (TPSA) is 29.5 Å². The Bertz CT molecular complexity index is 67.9. The number of hydrogen-bond acceptors (Lipinski definition) is 2. The summed E-state index contributed by atoms with van der Waals surface area (Å²) in [6, 6.07) is 0. The van der Waals surface area contributed by atoms with Gasteiger partial charge in [0.25, 0.3) is 0 Å². The van der Waals surface area contributed by atoms with E-state index < -0.39 is 0 Å². The smallest absolute Gasteiger partial charge is 0.155 e. The zero-order valence-electron chi connectivity index (χ0n) is 3.22. The van der Waals surface area contributed by atoms with Crippen molar-refractivity contribution in [3.8, 4) is 0 Å². The van der Waals surface area contributed by atoms with E-state index in [1.54, 1.807) is 0 Å². The number of hydrogen-bond donors (Lipinski definition) is 1. The van der Waals surface area contributed by atoms with Crippen LogP contribution in [0.1, 0.15) is 0 Å². The van der Waals surface area contributed by atoms with E-state index in [1.165, 1.54) is 12.3 Å². The fourth-order valence-electron chi connectivity index (χ4n) is 0.308. The van der Waals surface area contributed by atoms with E-state index in [9.17, 15) is 0 Å². The molecule has 0 unspecified atom stereocenters. The van der Waals surface area contributed by atoms with E-state index in [0.29, 0.717) is 12.7 Å². The Morgan fingerprint density at radius 2 is 2.67 bits per heavy atom. The van der Waals surface area contributed by atoms with Gasteiger partial charge in [-0.25, -0.2) is 0 Å². The number of aliphatic hydroxyl groups excluding tert-OH is 1. The molecule has 6 heavy (non-hydrogen) atoms. The van der Waals surface area contributed by atoms with Crippen LogP contribution in [0.5, 0.6) is 0 Å². The Morgan fingerprint density at radius 1 is 1.83 bits per heavy atom. The number of aliphatic hydroxyl groups is 1. The molecule has 1 heterocycles. The van der Waals surface area contributed by atoms with Gasteiger partial charge in [0.1, 0.15) is 6.61 Å². The first-order valence-corrected chi connectivity index (χ1v) is 1.72. The van der Waals surface area contributed by atoms with Crippen molar-refractivity contribution in [2.24, 2.45) is 0 Å². The number of rotatable bonds is 0. The van der Waals surface area contributed by atoms with Crippen LogP contribution in [-0.4, -0.2) is 11.7 Å². The van der Waals surface area contributed by atoms with Crippen LogP contribution in [0.15, 0.2) is 12.3 Å². The highest BCUT2D eigenvalue weighted by Crippen LogP contribution is 2.03. The third-order valence-electron chi connectivity index (χ3n) is 0.588. The molecule has 0 bridgehead atoms. The molecule has 0 fully saturated rings. The van der Waals surface area contributed by atoms with Crippen molar-refractivity contribution >= 4 is 0 Å². The summed E-state index contributed by atoms with van der Waals surface area (Å²) < 4.78 is 4.59. The summed E-state index contributed by atoms with van der Waals surface area (Å²) in [6.07, 6.45) is 3.30. The van der Waals surface area contributed by atoms with E-state index >= 15 is 0 Å². The molecule has 1 aliphatic heterocycles. The molecule has 0 aliphatic carbocycles. The van der Waals surface area contributed by atoms with Gasteiger partial charge in [-0.1, -0.05) is 0 Å². The zero-order valence-corrected chi connectivity index (χ0v) is 3.22. The Labute approximate surface area is 36.0 Å². The predicted octanol–water partition coefficient (Wildman–Crippen LogP) is 0.435. The lowest BCUT2D eigenvalue weighted by atomic mass is 10.4. The molecular formula is C4H5O2. The van der Waals surface area contributed by atoms with Crippen LogP contribution in [0.25, 0.3) is 0 Å². The van der Waals surface area contributed by atoms with E-state index in [-0.39, 0.29) is 0 Å². The second-order valence-electron chi connectivity index (χ2n) is 1.11. The second kappa shape index (κ2) is 1.30. The second-order valence-corrected chi connectivity index (χ2v) is 1.11. The van der Waals surface area contributed by atoms with E-state index in [0.717, 1.165) is 0 Å². The maximum atomic E-state index is 8.43. The monoisotopic (exact) mass is 85.0 g/mol. The van der Waals surface area contributed by atoms with Crippen molar-refractivity contribution in [2.75, 3.05) is 6.61 Å². The van der Waals surface area contributed by atoms with Gasteiger partial charge in [-0.3, -0.25) is 0 Å². The molecule has 33 valence electrons. The van der Waals surface area contributed by atoms with Crippen LogP contribution >= 0.6 is 0 Å². The average molecular weight is 85.1 g/mol. The summed E-state index contributed by atoms with van der Waals surface area (Å²) in [5.41, 5.74) is 0. The van der Waals surface area contributed by atoms with Gasteiger partial charge < -0.3 is 9.84 Å². The third kappa shape index (κ3) is 0.518. The van der Waals surface area contributed by atoms with Gasteiger partial charge in [0.2, 0.25) is 0 Å². The molecule has 0 saturated carbocycles. The molecule has 0 saturated heterocycles. The fraction of sp³-hybridized carbons (Fsp3) is 0.250. The van der Waals surface area contributed by atoms with Crippen LogP contribution in [0.3, 0.4) is 0 Å². The quantitative estimate of drug-likeness (QED) is 0.462. The van der Waals surface area contributed by atoms with Crippen LogP contribution in [-0.2, 0) is 4.74 Å². The lowest BCUT2D eigenvalue weighted by molar-refractivity contribution is 0.216. The summed E-state index contributed by atoms with van der Waals surface area (Å²) in [7, 11) is 0. The third-order valence-corrected chi connectivity index (χ3v) is 0.588. The highest BCUT2D eigenvalue weighted by Gasteiger charge is 2.03. The largest absolute Gasteiger partial charge is 0.498 e. The normalized spacial score (nSPS) is 21.5. The van der Waals surface area contributed by atoms with Crippen molar-refractivity contribution in [3.05, 3.63) is 18.4 Å². The number of ether oxygens (including phenoxy) is 1. The lowest BCUT2D eigenvalue weighted by Crippen LogP contribution is -1.90. The Morgan fingerprint density at radius 3 is 2.83 bits per heavy atom. The molecule has 1 aliphatic rings. The first-order valence-electron chi connectivity index (χ1n) is 1.72. The minimum atomic E-state index is 0.301. The molecule has 0 aromatic rings. The van der Waals surface area contributed by atoms with Crippen molar-refractivity contribution in [3.63, 3.8) is 0 Å². The van der Waals surface area contributed by atoms with Crippen molar-refractivity contribution < 1.29 is 9.84 Å². The van der Waals surface area contributed by atoms with E-state index in [1.807, 2.05) is 0 Å². The van der Waals surface area contributed by atoms with Crippen molar-refractivity contribution in [1.82, 2.24) is 0 Å². The van der Waals surface area contributed by atoms with Gasteiger partial charge in [0, 0.05) is 0 Å². The van der Waals surface area contributed by atoms with Gasteiger partial charge in [0.05, 0.1) is 6.26 Å². The van der Waals surface area contributed by atoms with Crippen molar-refractivity contribution in [1.29, 1.82) is 0 Å². The van der Waals surface area contributed by atoms with E-state index in [2.05, 4.69) is 4.74 Å². The molecule has 1 radical (unpaired) electrons. The molecule has 2 nitrogen and oxygen atoms in total. The summed E-state index contributed by atoms with van der Waals surface area (Å²) >= 11 is 0. The van der Waals surface area contributed by atoms with Crippen LogP contribution in [0.4, 0.5) is 0 Å². The minimum absolute atomic E-state index is 0.301. The summed E-state index contributed by atoms with van der Waals surface area (Å²) in [5, 5.41) is 8.43. The molecule has 1 rings (SSSR count). The van der Waals surface area contributed by atoms with Gasteiger partial charge in [-0.2, -0.15) is 0 Å². The molecule has 0 amide bonds. The fourth-order valence-corrected chi connectivity index (χ4v) is 0.308. The van der Waals surface area contributed by atoms with Gasteiger partial charge in [0.15, 0.2) is 6.10 Å². The Balaban J connectivity index is 2.38. The Hall–Kier alpha value is -0.500. The maximum Gasteiger partial charge on any atom is 0.155 e. The van der Waals surface area contributed by atoms with Crippen LogP contribution in [0, 0.1) is 6.10 Å². The first kappa shape index (κ1) is 3.68. The Kier molecular flexibility index (Phi) is 0.801.